The maximum atomic E-state index is 12.7. The summed E-state index contributed by atoms with van der Waals surface area (Å²) in [6.07, 6.45) is 7.01. The molecule has 0 heterocycles. The molecule has 0 bridgehead atoms. The number of hydrogen-bond acceptors (Lipinski definition) is 4. The molecule has 1 aliphatic rings. The van der Waals surface area contributed by atoms with E-state index in [4.69, 9.17) is 0 Å². The second-order valence-electron chi connectivity index (χ2n) is 11.5. The quantitative estimate of drug-likeness (QED) is 0.263. The summed E-state index contributed by atoms with van der Waals surface area (Å²) in [5.41, 5.74) is 5.47. The Balaban J connectivity index is 0.000000472. The van der Waals surface area contributed by atoms with Gasteiger partial charge in [0, 0.05) is 24.3 Å². The highest BCUT2D eigenvalue weighted by Crippen LogP contribution is 2.36. The van der Waals surface area contributed by atoms with Gasteiger partial charge in [-0.2, -0.15) is 0 Å². The van der Waals surface area contributed by atoms with Crippen molar-refractivity contribution in [2.24, 2.45) is 17.8 Å². The number of aryl methyl sites for hydroxylation is 2. The van der Waals surface area contributed by atoms with Gasteiger partial charge in [-0.3, -0.25) is 19.2 Å². The van der Waals surface area contributed by atoms with Crippen molar-refractivity contribution in [1.29, 1.82) is 0 Å². The number of carbonyl (C=O) groups is 4. The Morgan fingerprint density at radius 3 is 2.02 bits per heavy atom. The van der Waals surface area contributed by atoms with Crippen LogP contribution in [0.25, 0.3) is 0 Å². The zero-order valence-electron chi connectivity index (χ0n) is 26.3. The second-order valence-corrected chi connectivity index (χ2v) is 11.5. The molecule has 1 aliphatic carbocycles. The monoisotopic (exact) mass is 548 g/mol. The van der Waals surface area contributed by atoms with Crippen LogP contribution in [-0.4, -0.2) is 23.1 Å². The van der Waals surface area contributed by atoms with Crippen molar-refractivity contribution in [3.63, 3.8) is 0 Å². The lowest BCUT2D eigenvalue weighted by Crippen LogP contribution is -2.29. The molecule has 3 unspecified atom stereocenters. The van der Waals surface area contributed by atoms with Crippen molar-refractivity contribution in [1.82, 2.24) is 0 Å². The molecule has 4 nitrogen and oxygen atoms in total. The molecule has 3 atom stereocenters. The number of hydrogen-bond donors (Lipinski definition) is 0. The second kappa shape index (κ2) is 18.5. The Morgan fingerprint density at radius 1 is 0.875 bits per heavy atom. The largest absolute Gasteiger partial charge is 0.300 e. The van der Waals surface area contributed by atoms with E-state index in [1.807, 2.05) is 57.2 Å². The third-order valence-corrected chi connectivity index (χ3v) is 7.34. The Hall–Kier alpha value is -2.88. The smallest absolute Gasteiger partial charge is 0.163 e. The van der Waals surface area contributed by atoms with Crippen molar-refractivity contribution in [2.75, 3.05) is 0 Å². The molecule has 0 N–H and O–H groups in total. The van der Waals surface area contributed by atoms with Crippen molar-refractivity contribution in [3.05, 3.63) is 70.3 Å². The first-order valence-corrected chi connectivity index (χ1v) is 15.2. The fraction of sp³-hybridized carbons (Fsp3) is 0.556. The fourth-order valence-corrected chi connectivity index (χ4v) is 5.69. The van der Waals surface area contributed by atoms with E-state index in [2.05, 4.69) is 26.8 Å². The van der Waals surface area contributed by atoms with Gasteiger partial charge >= 0.3 is 0 Å². The molecule has 0 fully saturated rings. The Labute approximate surface area is 243 Å². The number of carbonyl (C=O) groups excluding carboxylic acids is 4. The van der Waals surface area contributed by atoms with Gasteiger partial charge in [-0.15, -0.1) is 0 Å². The van der Waals surface area contributed by atoms with E-state index in [-0.39, 0.29) is 41.4 Å². The van der Waals surface area contributed by atoms with Crippen LogP contribution in [-0.2, 0) is 27.2 Å². The molecule has 0 saturated carbocycles. The van der Waals surface area contributed by atoms with Crippen molar-refractivity contribution in [2.45, 2.75) is 113 Å². The normalized spacial score (nSPS) is 15.4. The molecule has 0 amide bonds. The molecule has 4 heteroatoms. The van der Waals surface area contributed by atoms with E-state index < -0.39 is 0 Å². The Morgan fingerprint density at radius 2 is 1.50 bits per heavy atom. The first-order valence-electron chi connectivity index (χ1n) is 15.2. The summed E-state index contributed by atoms with van der Waals surface area (Å²) in [6.45, 7) is 15.6. The summed E-state index contributed by atoms with van der Waals surface area (Å²) in [5, 5.41) is 0. The highest BCUT2D eigenvalue weighted by atomic mass is 16.1. The van der Waals surface area contributed by atoms with E-state index in [1.54, 1.807) is 6.92 Å². The zero-order chi connectivity index (χ0) is 30.2. The van der Waals surface area contributed by atoms with Crippen molar-refractivity contribution >= 4 is 23.1 Å². The lowest BCUT2D eigenvalue weighted by atomic mass is 9.72. The van der Waals surface area contributed by atoms with Crippen LogP contribution >= 0.6 is 0 Å². The molecule has 2 aromatic carbocycles. The third-order valence-electron chi connectivity index (χ3n) is 7.34. The van der Waals surface area contributed by atoms with Crippen LogP contribution in [0, 0.1) is 31.6 Å². The summed E-state index contributed by atoms with van der Waals surface area (Å²) in [7, 11) is 0. The van der Waals surface area contributed by atoms with E-state index in [9.17, 15) is 19.2 Å². The summed E-state index contributed by atoms with van der Waals surface area (Å²) in [4.78, 5) is 47.3. The molecule has 0 saturated heterocycles. The molecule has 0 aliphatic heterocycles. The van der Waals surface area contributed by atoms with Gasteiger partial charge in [0.15, 0.2) is 5.78 Å². The number of ketones is 4. The SMILES string of the molecule is CC(=O)Cc1ccc(C)cc1.CCC.CCCC(CC1CC(=O)c2c(C)cccc2C1)C(CC)C(=O)CC(C)=O. The van der Waals surface area contributed by atoms with E-state index >= 15 is 0 Å². The van der Waals surface area contributed by atoms with Crippen LogP contribution in [0.5, 0.6) is 0 Å². The summed E-state index contributed by atoms with van der Waals surface area (Å²) >= 11 is 0. The number of benzene rings is 2. The lowest BCUT2D eigenvalue weighted by molar-refractivity contribution is -0.130. The van der Waals surface area contributed by atoms with Gasteiger partial charge in [-0.1, -0.05) is 95.0 Å². The van der Waals surface area contributed by atoms with Crippen LogP contribution in [0.15, 0.2) is 42.5 Å². The first-order chi connectivity index (χ1) is 19.0. The van der Waals surface area contributed by atoms with Crippen LogP contribution < -0.4 is 0 Å². The van der Waals surface area contributed by atoms with Crippen LogP contribution in [0.3, 0.4) is 0 Å². The average Bonchev–Trinajstić information content (AvgIpc) is 2.86. The maximum absolute atomic E-state index is 12.7. The summed E-state index contributed by atoms with van der Waals surface area (Å²) < 4.78 is 0. The van der Waals surface area contributed by atoms with Gasteiger partial charge in [0.1, 0.15) is 17.3 Å². The fourth-order valence-electron chi connectivity index (χ4n) is 5.69. The van der Waals surface area contributed by atoms with Crippen LogP contribution in [0.4, 0.5) is 0 Å². The van der Waals surface area contributed by atoms with E-state index in [0.29, 0.717) is 18.8 Å². The predicted octanol–water partition coefficient (Wildman–Crippen LogP) is 8.66. The topological polar surface area (TPSA) is 68.3 Å². The standard InChI is InChI=1S/C23H32O3.C10H12O.C3H8/c1-5-8-18(20(6-2)21(25)11-16(4)24)12-17-13-19-10-7-9-15(3)23(19)22(26)14-17;1-8-3-5-10(6-4-8)7-9(2)11;1-3-2/h7,9-10,17-18,20H,5-6,8,11-14H2,1-4H3;3-6H,7H2,1-2H3;3H2,1-2H3. The first kappa shape index (κ1) is 35.1. The minimum atomic E-state index is -0.0622. The zero-order valence-corrected chi connectivity index (χ0v) is 26.3. The van der Waals surface area contributed by atoms with Gasteiger partial charge in [0.05, 0.1) is 6.42 Å². The van der Waals surface area contributed by atoms with Crippen LogP contribution in [0.1, 0.15) is 119 Å². The van der Waals surface area contributed by atoms with Gasteiger partial charge in [-0.25, -0.2) is 0 Å². The highest BCUT2D eigenvalue weighted by molar-refractivity contribution is 6.00. The molecule has 0 aromatic heterocycles. The average molecular weight is 549 g/mol. The van der Waals surface area contributed by atoms with E-state index in [0.717, 1.165) is 54.4 Å². The summed E-state index contributed by atoms with van der Waals surface area (Å²) in [6, 6.07) is 14.1. The van der Waals surface area contributed by atoms with Gasteiger partial charge < -0.3 is 0 Å². The van der Waals surface area contributed by atoms with Gasteiger partial charge in [-0.05, 0) is 75.5 Å². The van der Waals surface area contributed by atoms with Crippen molar-refractivity contribution < 1.29 is 19.2 Å². The minimum absolute atomic E-state index is 0.0460. The summed E-state index contributed by atoms with van der Waals surface area (Å²) in [5.74, 6) is 0.987. The molecule has 220 valence electrons. The molecule has 40 heavy (non-hydrogen) atoms. The van der Waals surface area contributed by atoms with Crippen LogP contribution in [0.2, 0.25) is 0 Å². The van der Waals surface area contributed by atoms with Gasteiger partial charge in [0.2, 0.25) is 0 Å². The molecule has 3 rings (SSSR count). The third kappa shape index (κ3) is 12.1. The van der Waals surface area contributed by atoms with E-state index in [1.165, 1.54) is 18.9 Å². The molecule has 0 radical (unpaired) electrons. The Bertz CT molecular complexity index is 1100. The molecular formula is C36H52O4. The molecule has 0 spiro atoms. The molecular weight excluding hydrogens is 496 g/mol. The highest BCUT2D eigenvalue weighted by Gasteiger charge is 2.32. The number of Topliss-reactive ketones (excluding diaryl/α,β-unsaturated/α-hetero) is 4. The Kier molecular flexibility index (Phi) is 16.2. The minimum Gasteiger partial charge on any atom is -0.300 e. The molecule has 2 aromatic rings. The lowest BCUT2D eigenvalue weighted by Gasteiger charge is -2.31. The predicted molar refractivity (Wildman–Crippen MR) is 166 cm³/mol. The number of rotatable bonds is 11. The maximum Gasteiger partial charge on any atom is 0.163 e. The van der Waals surface area contributed by atoms with Crippen molar-refractivity contribution in [3.8, 4) is 0 Å². The number of fused-ring (bicyclic) bond motifs is 1. The van der Waals surface area contributed by atoms with Gasteiger partial charge in [0.25, 0.3) is 0 Å².